The Labute approximate surface area is 132 Å². The van der Waals surface area contributed by atoms with E-state index in [4.69, 9.17) is 0 Å². The molecule has 1 N–H and O–H groups in total. The Bertz CT molecular complexity index is 507. The van der Waals surface area contributed by atoms with Crippen LogP contribution in [0.4, 0.5) is 0 Å². The molecule has 0 aliphatic heterocycles. The van der Waals surface area contributed by atoms with Gasteiger partial charge in [0.2, 0.25) is 0 Å². The molecule has 0 saturated carbocycles. The van der Waals surface area contributed by atoms with Crippen LogP contribution in [0.15, 0.2) is 43.0 Å². The normalized spacial score (nSPS) is 11.8. The number of thioether (sulfide) groups is 1. The minimum absolute atomic E-state index is 0.372. The smallest absolute Gasteiger partial charge is 0.0991 e. The van der Waals surface area contributed by atoms with E-state index < -0.39 is 0 Å². The van der Waals surface area contributed by atoms with Crippen LogP contribution in [-0.2, 0) is 6.54 Å². The Hall–Kier alpha value is -1.26. The summed E-state index contributed by atoms with van der Waals surface area (Å²) in [6.07, 6.45) is 10.2. The molecule has 2 aromatic rings. The highest BCUT2D eigenvalue weighted by molar-refractivity contribution is 8.00. The van der Waals surface area contributed by atoms with E-state index in [1.165, 1.54) is 18.4 Å². The minimum atomic E-state index is 0.372. The molecule has 0 saturated heterocycles. The fourth-order valence-corrected chi connectivity index (χ4v) is 3.32. The summed E-state index contributed by atoms with van der Waals surface area (Å²) in [5.74, 6) is 0. The number of nitrogens with zero attached hydrogens (tertiary/aromatic N) is 2. The largest absolute Gasteiger partial charge is 0.311 e. The van der Waals surface area contributed by atoms with Gasteiger partial charge in [0.05, 0.1) is 6.33 Å². The first-order chi connectivity index (χ1) is 10.2. The Morgan fingerprint density at radius 2 is 1.90 bits per heavy atom. The second kappa shape index (κ2) is 7.66. The SMILES string of the molecule is CCC(CC)(CNCc1ccc(-n2ccnc2)cc1)SC. The van der Waals surface area contributed by atoms with Crippen molar-refractivity contribution >= 4 is 11.8 Å². The van der Waals surface area contributed by atoms with E-state index in [0.717, 1.165) is 18.8 Å². The molecule has 0 atom stereocenters. The number of hydrogen-bond donors (Lipinski definition) is 1. The van der Waals surface area contributed by atoms with E-state index >= 15 is 0 Å². The lowest BCUT2D eigenvalue weighted by Crippen LogP contribution is -2.36. The lowest BCUT2D eigenvalue weighted by molar-refractivity contribution is 0.495. The highest BCUT2D eigenvalue weighted by atomic mass is 32.2. The predicted octanol–water partition coefficient (Wildman–Crippen LogP) is 3.88. The standard InChI is InChI=1S/C17H25N3S/c1-4-17(5-2,21-3)13-19-12-15-6-8-16(9-7-15)20-11-10-18-14-20/h6-11,14,19H,4-5,12-13H2,1-3H3. The summed E-state index contributed by atoms with van der Waals surface area (Å²) in [7, 11) is 0. The lowest BCUT2D eigenvalue weighted by atomic mass is 10.0. The van der Waals surface area contributed by atoms with Crippen molar-refractivity contribution in [3.63, 3.8) is 0 Å². The van der Waals surface area contributed by atoms with Gasteiger partial charge >= 0.3 is 0 Å². The average molecular weight is 303 g/mol. The van der Waals surface area contributed by atoms with E-state index in [9.17, 15) is 0 Å². The molecule has 0 unspecified atom stereocenters. The van der Waals surface area contributed by atoms with E-state index in [2.05, 4.69) is 54.7 Å². The first kappa shape index (κ1) is 16.1. The second-order valence-electron chi connectivity index (χ2n) is 5.33. The fraction of sp³-hybridized carbons (Fsp3) is 0.471. The highest BCUT2D eigenvalue weighted by Gasteiger charge is 2.23. The third kappa shape index (κ3) is 4.11. The van der Waals surface area contributed by atoms with Crippen LogP contribution in [0.1, 0.15) is 32.3 Å². The highest BCUT2D eigenvalue weighted by Crippen LogP contribution is 2.29. The summed E-state index contributed by atoms with van der Waals surface area (Å²) in [5, 5.41) is 3.61. The predicted molar refractivity (Wildman–Crippen MR) is 92.1 cm³/mol. The Morgan fingerprint density at radius 1 is 1.19 bits per heavy atom. The molecular weight excluding hydrogens is 278 g/mol. The molecule has 2 rings (SSSR count). The zero-order valence-corrected chi connectivity index (χ0v) is 14.0. The molecule has 0 amide bonds. The van der Waals surface area contributed by atoms with Gasteiger partial charge in [-0.1, -0.05) is 26.0 Å². The van der Waals surface area contributed by atoms with Crippen molar-refractivity contribution in [1.82, 2.24) is 14.9 Å². The van der Waals surface area contributed by atoms with Crippen LogP contribution in [0.3, 0.4) is 0 Å². The molecule has 1 aromatic heterocycles. The topological polar surface area (TPSA) is 29.9 Å². The second-order valence-corrected chi connectivity index (χ2v) is 6.61. The Kier molecular flexibility index (Phi) is 5.88. The van der Waals surface area contributed by atoms with Crippen LogP contribution in [0, 0.1) is 0 Å². The molecule has 0 fully saturated rings. The third-order valence-electron chi connectivity index (χ3n) is 4.24. The zero-order valence-electron chi connectivity index (χ0n) is 13.2. The van der Waals surface area contributed by atoms with Crippen molar-refractivity contribution in [3.05, 3.63) is 48.5 Å². The summed E-state index contributed by atoms with van der Waals surface area (Å²) in [6.45, 7) is 6.54. The van der Waals surface area contributed by atoms with Crippen LogP contribution < -0.4 is 5.32 Å². The molecule has 114 valence electrons. The van der Waals surface area contributed by atoms with Gasteiger partial charge in [-0.25, -0.2) is 4.98 Å². The first-order valence-electron chi connectivity index (χ1n) is 7.56. The van der Waals surface area contributed by atoms with Crippen LogP contribution in [-0.4, -0.2) is 27.1 Å². The van der Waals surface area contributed by atoms with Gasteiger partial charge in [0, 0.05) is 35.9 Å². The zero-order chi connectivity index (χ0) is 15.1. The molecule has 4 heteroatoms. The van der Waals surface area contributed by atoms with Gasteiger partial charge in [-0.2, -0.15) is 11.8 Å². The summed E-state index contributed by atoms with van der Waals surface area (Å²) < 4.78 is 2.39. The molecule has 1 aromatic carbocycles. The summed E-state index contributed by atoms with van der Waals surface area (Å²) in [6, 6.07) is 8.64. The Morgan fingerprint density at radius 3 is 2.43 bits per heavy atom. The fourth-order valence-electron chi connectivity index (χ4n) is 2.49. The van der Waals surface area contributed by atoms with Gasteiger partial charge in [0.25, 0.3) is 0 Å². The van der Waals surface area contributed by atoms with E-state index in [-0.39, 0.29) is 0 Å². The van der Waals surface area contributed by atoms with E-state index in [1.54, 1.807) is 6.20 Å². The van der Waals surface area contributed by atoms with Crippen molar-refractivity contribution < 1.29 is 0 Å². The molecule has 3 nitrogen and oxygen atoms in total. The molecule has 0 radical (unpaired) electrons. The van der Waals surface area contributed by atoms with Crippen LogP contribution in [0.2, 0.25) is 0 Å². The van der Waals surface area contributed by atoms with Crippen LogP contribution >= 0.6 is 11.8 Å². The number of nitrogens with one attached hydrogen (secondary N) is 1. The third-order valence-corrected chi connectivity index (χ3v) is 5.82. The maximum Gasteiger partial charge on any atom is 0.0991 e. The summed E-state index contributed by atoms with van der Waals surface area (Å²) >= 11 is 1.98. The van der Waals surface area contributed by atoms with Gasteiger partial charge in [-0.3, -0.25) is 0 Å². The van der Waals surface area contributed by atoms with Crippen molar-refractivity contribution in [2.45, 2.75) is 38.0 Å². The number of rotatable bonds is 8. The van der Waals surface area contributed by atoms with Crippen molar-refractivity contribution in [3.8, 4) is 5.69 Å². The number of imidazole rings is 1. The van der Waals surface area contributed by atoms with Crippen molar-refractivity contribution in [2.24, 2.45) is 0 Å². The molecular formula is C17H25N3S. The van der Waals surface area contributed by atoms with Gasteiger partial charge < -0.3 is 9.88 Å². The van der Waals surface area contributed by atoms with Gasteiger partial charge in [-0.05, 0) is 36.8 Å². The van der Waals surface area contributed by atoms with Gasteiger partial charge in [-0.15, -0.1) is 0 Å². The van der Waals surface area contributed by atoms with Crippen molar-refractivity contribution in [2.75, 3.05) is 12.8 Å². The average Bonchev–Trinajstić information content (AvgIpc) is 3.07. The Balaban J connectivity index is 1.89. The minimum Gasteiger partial charge on any atom is -0.311 e. The van der Waals surface area contributed by atoms with Gasteiger partial charge in [0.15, 0.2) is 0 Å². The maximum absolute atomic E-state index is 4.07. The summed E-state index contributed by atoms with van der Waals surface area (Å²) in [5.41, 5.74) is 2.47. The van der Waals surface area contributed by atoms with Crippen LogP contribution in [0.25, 0.3) is 5.69 Å². The van der Waals surface area contributed by atoms with Crippen LogP contribution in [0.5, 0.6) is 0 Å². The monoisotopic (exact) mass is 303 g/mol. The van der Waals surface area contributed by atoms with E-state index in [1.807, 2.05) is 28.9 Å². The van der Waals surface area contributed by atoms with Gasteiger partial charge in [0.1, 0.15) is 0 Å². The first-order valence-corrected chi connectivity index (χ1v) is 8.78. The van der Waals surface area contributed by atoms with Crippen molar-refractivity contribution in [1.29, 1.82) is 0 Å². The quantitative estimate of drug-likeness (QED) is 0.802. The number of benzene rings is 1. The van der Waals surface area contributed by atoms with E-state index in [0.29, 0.717) is 4.75 Å². The number of hydrogen-bond acceptors (Lipinski definition) is 3. The molecule has 1 heterocycles. The molecule has 0 aliphatic carbocycles. The maximum atomic E-state index is 4.07. The molecule has 0 bridgehead atoms. The molecule has 0 spiro atoms. The number of aromatic nitrogens is 2. The molecule has 21 heavy (non-hydrogen) atoms. The lowest BCUT2D eigenvalue weighted by Gasteiger charge is -2.30. The molecule has 0 aliphatic rings. The summed E-state index contributed by atoms with van der Waals surface area (Å²) in [4.78, 5) is 4.07.